The second kappa shape index (κ2) is 12.3. The van der Waals surface area contributed by atoms with E-state index in [1.165, 1.54) is 0 Å². The molecule has 1 saturated heterocycles. The molecule has 2 aromatic heterocycles. The van der Waals surface area contributed by atoms with Crippen molar-refractivity contribution in [1.82, 2.24) is 14.9 Å². The lowest BCUT2D eigenvalue weighted by Gasteiger charge is -2.39. The fraction of sp³-hybridized carbons (Fsp3) is 0.367. The van der Waals surface area contributed by atoms with Crippen LogP contribution in [-0.2, 0) is 11.4 Å². The van der Waals surface area contributed by atoms with Gasteiger partial charge in [-0.15, -0.1) is 0 Å². The molecule has 1 amide bonds. The molecule has 0 radical (unpaired) electrons. The molecular formula is C30H35ClN4O3. The number of allylic oxidation sites excluding steroid dienone is 1. The van der Waals surface area contributed by atoms with E-state index in [-0.39, 0.29) is 31.2 Å². The number of hydrogen-bond donors (Lipinski definition) is 0. The first-order valence-corrected chi connectivity index (χ1v) is 13.3. The fourth-order valence-electron chi connectivity index (χ4n) is 5.04. The number of aromatic nitrogens is 2. The highest BCUT2D eigenvalue weighted by atomic mass is 35.5. The predicted molar refractivity (Wildman–Crippen MR) is 153 cm³/mol. The first-order valence-electron chi connectivity index (χ1n) is 13.0. The molecule has 1 fully saturated rings. The number of para-hydroxylation sites is 1. The van der Waals surface area contributed by atoms with Gasteiger partial charge in [0.2, 0.25) is 0 Å². The van der Waals surface area contributed by atoms with E-state index in [9.17, 15) is 4.79 Å². The number of carbonyl (C=O) groups is 1. The lowest BCUT2D eigenvalue weighted by Crippen LogP contribution is -2.49. The number of aryl methyl sites for hydroxylation is 1. The Bertz CT molecular complexity index is 1330. The summed E-state index contributed by atoms with van der Waals surface area (Å²) in [4.78, 5) is 25.8. The van der Waals surface area contributed by atoms with Crippen molar-refractivity contribution in [3.8, 4) is 11.5 Å². The summed E-state index contributed by atoms with van der Waals surface area (Å²) in [6, 6.07) is 8.23. The number of anilines is 1. The Morgan fingerprint density at radius 3 is 2.68 bits per heavy atom. The molecule has 0 N–H and O–H groups in total. The maximum Gasteiger partial charge on any atom is 0.260 e. The van der Waals surface area contributed by atoms with Gasteiger partial charge in [0.25, 0.3) is 5.91 Å². The molecule has 1 aliphatic rings. The lowest BCUT2D eigenvalue weighted by molar-refractivity contribution is -0.139. The van der Waals surface area contributed by atoms with Crippen LogP contribution in [0.3, 0.4) is 0 Å². The number of amides is 1. The van der Waals surface area contributed by atoms with Crippen LogP contribution in [-0.4, -0.2) is 39.5 Å². The van der Waals surface area contributed by atoms with E-state index in [0.717, 1.165) is 41.5 Å². The quantitative estimate of drug-likeness (QED) is 0.300. The zero-order valence-electron chi connectivity index (χ0n) is 22.5. The van der Waals surface area contributed by atoms with Crippen molar-refractivity contribution in [2.24, 2.45) is 0 Å². The second-order valence-corrected chi connectivity index (χ2v) is 10.0. The first-order chi connectivity index (χ1) is 18.3. The number of rotatable bonds is 9. The molecule has 200 valence electrons. The standard InChI is InChI=1S/C30H35ClN4O3/c1-6-14-34(7-2)26-15-20(3)33-30-23(26)12-9-13-27(30)37-18-24-25(31)16-32-17-28(24)38-19-29(36)35-21(4)10-8-11-22(35)5/h6-7,9,12-17,21-22H,2,8,10-11,18-19H2,1,3-5H3/b14-6-. The van der Waals surface area contributed by atoms with Crippen molar-refractivity contribution in [3.63, 3.8) is 0 Å². The van der Waals surface area contributed by atoms with Crippen LogP contribution in [0.25, 0.3) is 10.9 Å². The second-order valence-electron chi connectivity index (χ2n) is 9.61. The fourth-order valence-corrected chi connectivity index (χ4v) is 5.25. The Morgan fingerprint density at radius 1 is 1.21 bits per heavy atom. The third-order valence-corrected chi connectivity index (χ3v) is 7.19. The van der Waals surface area contributed by atoms with Gasteiger partial charge in [-0.25, -0.2) is 4.98 Å². The van der Waals surface area contributed by atoms with E-state index in [4.69, 9.17) is 26.1 Å². The number of ether oxygens (including phenoxy) is 2. The van der Waals surface area contributed by atoms with Gasteiger partial charge in [0.15, 0.2) is 6.61 Å². The third-order valence-electron chi connectivity index (χ3n) is 6.86. The molecule has 8 heteroatoms. The van der Waals surface area contributed by atoms with E-state index >= 15 is 0 Å². The normalized spacial score (nSPS) is 17.6. The Morgan fingerprint density at radius 2 is 1.97 bits per heavy atom. The van der Waals surface area contributed by atoms with Crippen LogP contribution < -0.4 is 14.4 Å². The highest BCUT2D eigenvalue weighted by Gasteiger charge is 2.29. The summed E-state index contributed by atoms with van der Waals surface area (Å²) in [7, 11) is 0. The number of benzene rings is 1. The smallest absolute Gasteiger partial charge is 0.260 e. The summed E-state index contributed by atoms with van der Waals surface area (Å²) in [5, 5.41) is 1.34. The van der Waals surface area contributed by atoms with E-state index in [1.807, 2.05) is 60.2 Å². The summed E-state index contributed by atoms with van der Waals surface area (Å²) in [6.07, 6.45) is 11.9. The highest BCUT2D eigenvalue weighted by molar-refractivity contribution is 6.31. The number of carbonyl (C=O) groups excluding carboxylic acids is 1. The summed E-state index contributed by atoms with van der Waals surface area (Å²) in [5.41, 5.74) is 3.16. The van der Waals surface area contributed by atoms with E-state index < -0.39 is 0 Å². The van der Waals surface area contributed by atoms with Crippen LogP contribution in [0.1, 0.15) is 51.3 Å². The van der Waals surface area contributed by atoms with Crippen molar-refractivity contribution in [1.29, 1.82) is 0 Å². The number of nitrogens with zero attached hydrogens (tertiary/aromatic N) is 4. The summed E-state index contributed by atoms with van der Waals surface area (Å²) in [5.74, 6) is 1.01. The molecule has 3 heterocycles. The Balaban J connectivity index is 1.56. The molecule has 0 bridgehead atoms. The average molecular weight is 535 g/mol. The molecule has 38 heavy (non-hydrogen) atoms. The van der Waals surface area contributed by atoms with Gasteiger partial charge in [-0.05, 0) is 59.1 Å². The van der Waals surface area contributed by atoms with Gasteiger partial charge in [-0.3, -0.25) is 9.78 Å². The minimum absolute atomic E-state index is 0.0364. The van der Waals surface area contributed by atoms with Gasteiger partial charge in [-0.1, -0.05) is 36.4 Å². The molecule has 7 nitrogen and oxygen atoms in total. The van der Waals surface area contributed by atoms with Crippen LogP contribution in [0, 0.1) is 6.92 Å². The van der Waals surface area contributed by atoms with Gasteiger partial charge in [0.1, 0.15) is 23.6 Å². The number of piperidine rings is 1. The SMILES string of the molecule is C=CN(/C=C\C)c1cc(C)nc2c(OCc3c(Cl)cncc3OCC(=O)N3C(C)CCCC3C)cccc12. The van der Waals surface area contributed by atoms with Gasteiger partial charge >= 0.3 is 0 Å². The van der Waals surface area contributed by atoms with Crippen LogP contribution in [0.4, 0.5) is 5.69 Å². The van der Waals surface area contributed by atoms with Crippen LogP contribution in [0.2, 0.25) is 5.02 Å². The maximum absolute atomic E-state index is 13.0. The average Bonchev–Trinajstić information content (AvgIpc) is 2.89. The van der Waals surface area contributed by atoms with Gasteiger partial charge in [0, 0.05) is 41.8 Å². The zero-order chi connectivity index (χ0) is 27.2. The summed E-state index contributed by atoms with van der Waals surface area (Å²) >= 11 is 6.51. The molecule has 0 saturated carbocycles. The summed E-state index contributed by atoms with van der Waals surface area (Å²) in [6.45, 7) is 12.1. The molecular weight excluding hydrogens is 500 g/mol. The number of hydrogen-bond acceptors (Lipinski definition) is 6. The molecule has 2 atom stereocenters. The minimum atomic E-state index is -0.0790. The van der Waals surface area contributed by atoms with Crippen molar-refractivity contribution >= 4 is 34.1 Å². The third kappa shape index (κ3) is 5.94. The number of likely N-dealkylation sites (tertiary alicyclic amines) is 1. The first kappa shape index (κ1) is 27.5. The molecule has 1 aliphatic heterocycles. The van der Waals surface area contributed by atoms with Gasteiger partial charge < -0.3 is 19.3 Å². The largest absolute Gasteiger partial charge is 0.486 e. The van der Waals surface area contributed by atoms with E-state index in [0.29, 0.717) is 22.1 Å². The Kier molecular flexibility index (Phi) is 8.89. The lowest BCUT2D eigenvalue weighted by atomic mass is 9.97. The Hall–Kier alpha value is -3.58. The highest BCUT2D eigenvalue weighted by Crippen LogP contribution is 2.34. The van der Waals surface area contributed by atoms with E-state index in [1.54, 1.807) is 18.6 Å². The Labute approximate surface area is 229 Å². The van der Waals surface area contributed by atoms with Crippen molar-refractivity contribution < 1.29 is 14.3 Å². The van der Waals surface area contributed by atoms with Gasteiger partial charge in [0.05, 0.1) is 22.5 Å². The van der Waals surface area contributed by atoms with Crippen LogP contribution in [0.15, 0.2) is 61.7 Å². The molecule has 1 aromatic carbocycles. The monoisotopic (exact) mass is 534 g/mol. The topological polar surface area (TPSA) is 67.8 Å². The summed E-state index contributed by atoms with van der Waals surface area (Å²) < 4.78 is 12.2. The molecule has 4 rings (SSSR count). The van der Waals surface area contributed by atoms with E-state index in [2.05, 4.69) is 25.4 Å². The number of pyridine rings is 2. The minimum Gasteiger partial charge on any atom is -0.486 e. The van der Waals surface area contributed by atoms with Gasteiger partial charge in [-0.2, -0.15) is 0 Å². The molecule has 0 aliphatic carbocycles. The predicted octanol–water partition coefficient (Wildman–Crippen LogP) is 6.82. The molecule has 2 unspecified atom stereocenters. The zero-order valence-corrected chi connectivity index (χ0v) is 23.2. The maximum atomic E-state index is 13.0. The van der Waals surface area contributed by atoms with Crippen molar-refractivity contribution in [2.75, 3.05) is 11.5 Å². The molecule has 3 aromatic rings. The van der Waals surface area contributed by atoms with Crippen LogP contribution >= 0.6 is 11.6 Å². The molecule has 0 spiro atoms. The van der Waals surface area contributed by atoms with Crippen molar-refractivity contribution in [3.05, 3.63) is 78.0 Å². The van der Waals surface area contributed by atoms with Crippen LogP contribution in [0.5, 0.6) is 11.5 Å². The van der Waals surface area contributed by atoms with Crippen molar-refractivity contribution in [2.45, 2.75) is 65.6 Å². The number of halogens is 1. The number of fused-ring (bicyclic) bond motifs is 1.